The molecule has 0 N–H and O–H groups in total. The lowest BCUT2D eigenvalue weighted by atomic mass is 9.85. The van der Waals surface area contributed by atoms with E-state index in [9.17, 15) is 0 Å². The molecule has 9 rings (SSSR count). The van der Waals surface area contributed by atoms with Gasteiger partial charge in [-0.25, -0.2) is 4.98 Å². The first kappa shape index (κ1) is 28.9. The maximum atomic E-state index is 4.96. The smallest absolute Gasteiger partial charge is 0.114 e. The van der Waals surface area contributed by atoms with Gasteiger partial charge in [-0.05, 0) is 79.7 Å². The molecule has 0 radical (unpaired) electrons. The van der Waals surface area contributed by atoms with Crippen LogP contribution in [0.1, 0.15) is 12.7 Å². The van der Waals surface area contributed by atoms with Crippen LogP contribution in [0.3, 0.4) is 0 Å². The summed E-state index contributed by atoms with van der Waals surface area (Å²) in [5, 5.41) is 4.98. The number of rotatable bonds is 6. The van der Waals surface area contributed by atoms with Gasteiger partial charge in [0.2, 0.25) is 0 Å². The van der Waals surface area contributed by atoms with Gasteiger partial charge in [-0.1, -0.05) is 140 Å². The van der Waals surface area contributed by atoms with Crippen molar-refractivity contribution in [2.45, 2.75) is 13.3 Å². The highest BCUT2D eigenvalue weighted by atomic mass is 15.1. The fourth-order valence-electron chi connectivity index (χ4n) is 7.40. The molecule has 3 nitrogen and oxygen atoms in total. The van der Waals surface area contributed by atoms with E-state index >= 15 is 0 Å². The number of benzene rings is 7. The van der Waals surface area contributed by atoms with Gasteiger partial charge in [-0.15, -0.1) is 0 Å². The monoisotopic (exact) mass is 627 g/mol. The Kier molecular flexibility index (Phi) is 7.09. The second kappa shape index (κ2) is 12.0. The van der Waals surface area contributed by atoms with Crippen molar-refractivity contribution in [3.63, 3.8) is 0 Å². The Morgan fingerprint density at radius 3 is 1.57 bits per heavy atom. The topological polar surface area (TPSA) is 30.7 Å². The maximum Gasteiger partial charge on any atom is 0.114 e. The minimum atomic E-state index is 0.854. The van der Waals surface area contributed by atoms with Gasteiger partial charge in [-0.3, -0.25) is 9.55 Å². The zero-order valence-corrected chi connectivity index (χ0v) is 27.2. The quantitative estimate of drug-likeness (QED) is 0.172. The highest BCUT2D eigenvalue weighted by molar-refractivity contribution is 6.21. The Hall–Kier alpha value is -6.32. The van der Waals surface area contributed by atoms with Gasteiger partial charge in [0.15, 0.2) is 0 Å². The molecule has 3 heteroatoms. The van der Waals surface area contributed by atoms with Crippen LogP contribution in [0.2, 0.25) is 0 Å². The standard InChI is InChI=1S/C46H33N3/c1-2-44-48-41-19-8-10-21-43(41)49(44)42-20-9-7-13-35(42)31-22-26-33(27-23-31)45-36-14-3-5-16-38(36)46(39-17-6-4-15-37(39)45)34-28-24-32(25-29-34)40-18-11-12-30-47-40/h3-30H,2H2,1H3. The van der Waals surface area contributed by atoms with Gasteiger partial charge in [0, 0.05) is 23.7 Å². The van der Waals surface area contributed by atoms with E-state index in [1.54, 1.807) is 0 Å². The Morgan fingerprint density at radius 1 is 0.469 bits per heavy atom. The van der Waals surface area contributed by atoms with Crippen LogP contribution in [0.5, 0.6) is 0 Å². The first-order valence-electron chi connectivity index (χ1n) is 16.9. The van der Waals surface area contributed by atoms with Crippen molar-refractivity contribution in [3.8, 4) is 50.3 Å². The van der Waals surface area contributed by atoms with E-state index in [1.165, 1.54) is 54.9 Å². The molecule has 0 amide bonds. The summed E-state index contributed by atoms with van der Waals surface area (Å²) in [5.41, 5.74) is 12.7. The van der Waals surface area contributed by atoms with Crippen LogP contribution in [-0.2, 0) is 6.42 Å². The molecule has 0 aliphatic heterocycles. The lowest BCUT2D eigenvalue weighted by Crippen LogP contribution is -2.02. The molecule has 2 aromatic heterocycles. The lowest BCUT2D eigenvalue weighted by molar-refractivity contribution is 0.909. The van der Waals surface area contributed by atoms with Crippen molar-refractivity contribution >= 4 is 32.6 Å². The third-order valence-corrected chi connectivity index (χ3v) is 9.64. The van der Waals surface area contributed by atoms with Crippen LogP contribution < -0.4 is 0 Å². The van der Waals surface area contributed by atoms with Gasteiger partial charge in [-0.2, -0.15) is 0 Å². The Labute approximate surface area is 285 Å². The zero-order valence-electron chi connectivity index (χ0n) is 27.2. The van der Waals surface area contributed by atoms with E-state index in [4.69, 9.17) is 4.98 Å². The maximum absolute atomic E-state index is 4.96. The van der Waals surface area contributed by atoms with Crippen molar-refractivity contribution in [2.24, 2.45) is 0 Å². The van der Waals surface area contributed by atoms with Crippen LogP contribution in [0.4, 0.5) is 0 Å². The molecule has 49 heavy (non-hydrogen) atoms. The summed E-state index contributed by atoms with van der Waals surface area (Å²) >= 11 is 0. The van der Waals surface area contributed by atoms with Crippen molar-refractivity contribution in [1.82, 2.24) is 14.5 Å². The second-order valence-electron chi connectivity index (χ2n) is 12.4. The van der Waals surface area contributed by atoms with Crippen LogP contribution in [-0.4, -0.2) is 14.5 Å². The zero-order chi connectivity index (χ0) is 32.7. The summed E-state index contributed by atoms with van der Waals surface area (Å²) in [5.74, 6) is 1.06. The molecule has 0 unspecified atom stereocenters. The molecule has 0 aliphatic carbocycles. The minimum Gasteiger partial charge on any atom is -0.296 e. The second-order valence-corrected chi connectivity index (χ2v) is 12.4. The fourth-order valence-corrected chi connectivity index (χ4v) is 7.40. The van der Waals surface area contributed by atoms with Crippen molar-refractivity contribution in [1.29, 1.82) is 0 Å². The molecule has 0 spiro atoms. The van der Waals surface area contributed by atoms with Gasteiger partial charge < -0.3 is 0 Å². The van der Waals surface area contributed by atoms with Crippen molar-refractivity contribution in [3.05, 3.63) is 176 Å². The normalized spacial score (nSPS) is 11.4. The molecular weight excluding hydrogens is 595 g/mol. The summed E-state index contributed by atoms with van der Waals surface area (Å²) in [6, 6.07) is 58.7. The minimum absolute atomic E-state index is 0.854. The van der Waals surface area contributed by atoms with E-state index in [0.717, 1.165) is 40.2 Å². The summed E-state index contributed by atoms with van der Waals surface area (Å²) < 4.78 is 2.32. The first-order chi connectivity index (χ1) is 24.3. The van der Waals surface area contributed by atoms with E-state index in [-0.39, 0.29) is 0 Å². The highest BCUT2D eigenvalue weighted by Crippen LogP contribution is 2.44. The van der Waals surface area contributed by atoms with E-state index in [2.05, 4.69) is 168 Å². The average Bonchev–Trinajstić information content (AvgIpc) is 3.56. The molecule has 2 heterocycles. The molecule has 232 valence electrons. The molecular formula is C46H33N3. The SMILES string of the molecule is CCc1nc2ccccc2n1-c1ccccc1-c1ccc(-c2c3ccccc3c(-c3ccc(-c4ccccn4)cc3)c3ccccc23)cc1. The number of aromatic nitrogens is 3. The van der Waals surface area contributed by atoms with Gasteiger partial charge >= 0.3 is 0 Å². The highest BCUT2D eigenvalue weighted by Gasteiger charge is 2.18. The molecule has 9 aromatic rings. The predicted octanol–water partition coefficient (Wildman–Crippen LogP) is 12.0. The molecule has 7 aromatic carbocycles. The molecule has 0 saturated heterocycles. The number of hydrogen-bond donors (Lipinski definition) is 0. The molecule has 0 aliphatic rings. The van der Waals surface area contributed by atoms with E-state index in [0.29, 0.717) is 0 Å². The Morgan fingerprint density at radius 2 is 0.980 bits per heavy atom. The summed E-state index contributed by atoms with van der Waals surface area (Å²) in [7, 11) is 0. The number of hydrogen-bond acceptors (Lipinski definition) is 2. The Bertz CT molecular complexity index is 2560. The van der Waals surface area contributed by atoms with E-state index in [1.807, 2.05) is 18.3 Å². The Balaban J connectivity index is 1.18. The summed E-state index contributed by atoms with van der Waals surface area (Å²) in [6.07, 6.45) is 2.70. The number of para-hydroxylation sites is 3. The molecule has 0 bridgehead atoms. The largest absolute Gasteiger partial charge is 0.296 e. The van der Waals surface area contributed by atoms with Crippen LogP contribution >= 0.6 is 0 Å². The van der Waals surface area contributed by atoms with Crippen LogP contribution in [0.25, 0.3) is 82.9 Å². The van der Waals surface area contributed by atoms with Crippen molar-refractivity contribution < 1.29 is 0 Å². The predicted molar refractivity (Wildman–Crippen MR) is 205 cm³/mol. The van der Waals surface area contributed by atoms with E-state index < -0.39 is 0 Å². The summed E-state index contributed by atoms with van der Waals surface area (Å²) in [4.78, 5) is 9.52. The number of imidazole rings is 1. The van der Waals surface area contributed by atoms with Gasteiger partial charge in [0.25, 0.3) is 0 Å². The number of pyridine rings is 1. The van der Waals surface area contributed by atoms with Crippen LogP contribution in [0, 0.1) is 0 Å². The fraction of sp³-hybridized carbons (Fsp3) is 0.0435. The number of aryl methyl sites for hydroxylation is 1. The third-order valence-electron chi connectivity index (χ3n) is 9.64. The van der Waals surface area contributed by atoms with Gasteiger partial charge in [0.05, 0.1) is 22.4 Å². The molecule has 0 atom stereocenters. The van der Waals surface area contributed by atoms with Crippen molar-refractivity contribution in [2.75, 3.05) is 0 Å². The first-order valence-corrected chi connectivity index (χ1v) is 16.9. The van der Waals surface area contributed by atoms with Gasteiger partial charge in [0.1, 0.15) is 5.82 Å². The summed E-state index contributed by atoms with van der Waals surface area (Å²) in [6.45, 7) is 2.17. The third kappa shape index (κ3) is 4.90. The average molecular weight is 628 g/mol. The molecule has 0 fully saturated rings. The molecule has 0 saturated carbocycles. The number of nitrogens with zero attached hydrogens (tertiary/aromatic N) is 3. The number of fused-ring (bicyclic) bond motifs is 3. The van der Waals surface area contributed by atoms with Crippen LogP contribution in [0.15, 0.2) is 170 Å². The lowest BCUT2D eigenvalue weighted by Gasteiger charge is -2.18.